The first-order chi connectivity index (χ1) is 12.5. The first kappa shape index (κ1) is 18.6. The molecule has 0 aromatic heterocycles. The molecule has 0 saturated carbocycles. The van der Waals surface area contributed by atoms with Gasteiger partial charge in [0.05, 0.1) is 24.5 Å². The van der Waals surface area contributed by atoms with Crippen LogP contribution in [0, 0.1) is 11.6 Å². The number of nitrogens with zero attached hydrogens (tertiary/aromatic N) is 1. The molecule has 1 amide bonds. The number of carbonyl (C=O) groups is 1. The molecule has 1 aliphatic rings. The lowest BCUT2D eigenvalue weighted by Gasteiger charge is -2.29. The van der Waals surface area contributed by atoms with Gasteiger partial charge < -0.3 is 20.1 Å². The number of rotatable bonds is 4. The molecule has 1 aliphatic heterocycles. The van der Waals surface area contributed by atoms with Crippen molar-refractivity contribution in [3.63, 3.8) is 0 Å². The second kappa shape index (κ2) is 8.01. The van der Waals surface area contributed by atoms with Crippen molar-refractivity contribution in [3.8, 4) is 5.75 Å². The van der Waals surface area contributed by atoms with Crippen molar-refractivity contribution < 1.29 is 23.4 Å². The molecule has 2 aromatic rings. The number of nitrogens with one attached hydrogen (secondary N) is 1. The van der Waals surface area contributed by atoms with E-state index in [0.717, 1.165) is 6.07 Å². The Morgan fingerprint density at radius 2 is 1.92 bits per heavy atom. The Morgan fingerprint density at radius 1 is 1.19 bits per heavy atom. The minimum atomic E-state index is -0.612. The summed E-state index contributed by atoms with van der Waals surface area (Å²) in [5.41, 5.74) is 0.466. The van der Waals surface area contributed by atoms with E-state index in [1.54, 1.807) is 17.0 Å². The van der Waals surface area contributed by atoms with Crippen molar-refractivity contribution in [2.75, 3.05) is 31.2 Å². The minimum Gasteiger partial charge on any atom is -0.507 e. The Kier molecular flexibility index (Phi) is 5.73. The highest BCUT2D eigenvalue weighted by atomic mass is 79.9. The average molecular weight is 427 g/mol. The Balaban J connectivity index is 1.77. The minimum absolute atomic E-state index is 0.0539. The summed E-state index contributed by atoms with van der Waals surface area (Å²) in [5, 5.41) is 12.5. The molecule has 0 aliphatic carbocycles. The zero-order valence-corrected chi connectivity index (χ0v) is 15.4. The lowest BCUT2D eigenvalue weighted by atomic mass is 10.1. The fourth-order valence-electron chi connectivity index (χ4n) is 2.72. The highest BCUT2D eigenvalue weighted by molar-refractivity contribution is 9.10. The van der Waals surface area contributed by atoms with E-state index < -0.39 is 23.3 Å². The van der Waals surface area contributed by atoms with Crippen LogP contribution in [0.25, 0.3) is 0 Å². The first-order valence-corrected chi connectivity index (χ1v) is 8.82. The van der Waals surface area contributed by atoms with Gasteiger partial charge in [-0.1, -0.05) is 22.0 Å². The van der Waals surface area contributed by atoms with Crippen molar-refractivity contribution in [2.24, 2.45) is 0 Å². The maximum atomic E-state index is 14.2. The van der Waals surface area contributed by atoms with Crippen LogP contribution in [-0.4, -0.2) is 37.3 Å². The summed E-state index contributed by atoms with van der Waals surface area (Å²) in [6.45, 7) is 1.86. The van der Waals surface area contributed by atoms with Gasteiger partial charge in [0.15, 0.2) is 0 Å². The molecule has 1 heterocycles. The zero-order chi connectivity index (χ0) is 18.7. The van der Waals surface area contributed by atoms with Crippen LogP contribution in [0.2, 0.25) is 0 Å². The van der Waals surface area contributed by atoms with Crippen LogP contribution < -0.4 is 10.2 Å². The number of carbonyl (C=O) groups excluding carboxylic acids is 1. The molecule has 8 heteroatoms. The number of aromatic hydroxyl groups is 1. The van der Waals surface area contributed by atoms with Crippen LogP contribution >= 0.6 is 15.9 Å². The number of ether oxygens (including phenoxy) is 1. The van der Waals surface area contributed by atoms with Gasteiger partial charge in [0.2, 0.25) is 0 Å². The van der Waals surface area contributed by atoms with Crippen molar-refractivity contribution >= 4 is 27.5 Å². The third-order valence-electron chi connectivity index (χ3n) is 4.12. The monoisotopic (exact) mass is 426 g/mol. The Bertz CT molecular complexity index is 826. The van der Waals surface area contributed by atoms with Gasteiger partial charge in [-0.15, -0.1) is 0 Å². The topological polar surface area (TPSA) is 61.8 Å². The quantitative estimate of drug-likeness (QED) is 0.787. The van der Waals surface area contributed by atoms with E-state index in [-0.39, 0.29) is 17.8 Å². The van der Waals surface area contributed by atoms with Crippen LogP contribution in [0.3, 0.4) is 0 Å². The van der Waals surface area contributed by atoms with Crippen molar-refractivity contribution in [3.05, 3.63) is 57.6 Å². The van der Waals surface area contributed by atoms with E-state index in [9.17, 15) is 18.7 Å². The van der Waals surface area contributed by atoms with Crippen LogP contribution in [-0.2, 0) is 11.3 Å². The third kappa shape index (κ3) is 4.13. The van der Waals surface area contributed by atoms with Crippen molar-refractivity contribution in [2.45, 2.75) is 6.54 Å². The molecule has 2 N–H and O–H groups in total. The van der Waals surface area contributed by atoms with E-state index in [0.29, 0.717) is 36.3 Å². The predicted octanol–water partition coefficient (Wildman–Crippen LogP) is 3.20. The fraction of sp³-hybridized carbons (Fsp3) is 0.278. The summed E-state index contributed by atoms with van der Waals surface area (Å²) >= 11 is 3.17. The number of hydrogen-bond donors (Lipinski definition) is 2. The molecule has 0 atom stereocenters. The number of halogens is 3. The van der Waals surface area contributed by atoms with E-state index >= 15 is 0 Å². The van der Waals surface area contributed by atoms with E-state index in [4.69, 9.17) is 4.74 Å². The summed E-state index contributed by atoms with van der Waals surface area (Å²) in [7, 11) is 0. The molecule has 0 radical (unpaired) electrons. The van der Waals surface area contributed by atoms with E-state index in [2.05, 4.69) is 21.2 Å². The van der Waals surface area contributed by atoms with Crippen LogP contribution in [0.15, 0.2) is 34.8 Å². The first-order valence-electron chi connectivity index (χ1n) is 8.03. The van der Waals surface area contributed by atoms with Crippen molar-refractivity contribution in [1.29, 1.82) is 0 Å². The smallest absolute Gasteiger partial charge is 0.255 e. The normalized spacial score (nSPS) is 14.3. The number of hydrogen-bond acceptors (Lipinski definition) is 4. The van der Waals surface area contributed by atoms with Gasteiger partial charge in [0.25, 0.3) is 5.91 Å². The second-order valence-corrected chi connectivity index (χ2v) is 6.75. The maximum absolute atomic E-state index is 14.2. The summed E-state index contributed by atoms with van der Waals surface area (Å²) in [6.07, 6.45) is 0. The predicted molar refractivity (Wildman–Crippen MR) is 96.4 cm³/mol. The Hall–Kier alpha value is -2.19. The summed E-state index contributed by atoms with van der Waals surface area (Å²) in [4.78, 5) is 14.1. The molecule has 1 fully saturated rings. The molecule has 138 valence electrons. The number of morpholine rings is 1. The van der Waals surface area contributed by atoms with Gasteiger partial charge in [-0.2, -0.15) is 0 Å². The zero-order valence-electron chi connectivity index (χ0n) is 13.8. The van der Waals surface area contributed by atoms with Gasteiger partial charge in [-0.25, -0.2) is 8.78 Å². The number of phenols is 1. The standard InChI is InChI=1S/C18H17BrF2N2O3/c19-12-2-1-11(14(20)7-12)10-22-18(25)13-8-16(15(21)9-17(13)24)23-3-5-26-6-4-23/h1-2,7-9,24H,3-6,10H2,(H,22,25). The Morgan fingerprint density at radius 3 is 2.62 bits per heavy atom. The summed E-state index contributed by atoms with van der Waals surface area (Å²) in [5.74, 6) is -2.15. The molecule has 3 rings (SSSR count). The highest BCUT2D eigenvalue weighted by Gasteiger charge is 2.21. The molecule has 2 aromatic carbocycles. The SMILES string of the molecule is O=C(NCc1ccc(Br)cc1F)c1cc(N2CCOCC2)c(F)cc1O. The molecule has 0 unspecified atom stereocenters. The molecular formula is C18H17BrF2N2O3. The number of phenolic OH excluding ortho intramolecular Hbond substituents is 1. The van der Waals surface area contributed by atoms with Gasteiger partial charge in [0, 0.05) is 35.7 Å². The van der Waals surface area contributed by atoms with Crippen LogP contribution in [0.4, 0.5) is 14.5 Å². The summed E-state index contributed by atoms with van der Waals surface area (Å²) in [6, 6.07) is 6.73. The fourth-order valence-corrected chi connectivity index (χ4v) is 3.05. The molecule has 0 spiro atoms. The maximum Gasteiger partial charge on any atom is 0.255 e. The van der Waals surface area contributed by atoms with E-state index in [1.165, 1.54) is 12.1 Å². The largest absolute Gasteiger partial charge is 0.507 e. The number of benzene rings is 2. The lowest BCUT2D eigenvalue weighted by molar-refractivity contribution is 0.0948. The molecule has 0 bridgehead atoms. The molecular weight excluding hydrogens is 410 g/mol. The van der Waals surface area contributed by atoms with E-state index in [1.807, 2.05) is 0 Å². The van der Waals surface area contributed by atoms with Gasteiger partial charge >= 0.3 is 0 Å². The molecule has 5 nitrogen and oxygen atoms in total. The lowest BCUT2D eigenvalue weighted by Crippen LogP contribution is -2.37. The average Bonchev–Trinajstić information content (AvgIpc) is 2.61. The number of anilines is 1. The van der Waals surface area contributed by atoms with Crippen molar-refractivity contribution in [1.82, 2.24) is 5.32 Å². The van der Waals surface area contributed by atoms with Gasteiger partial charge in [-0.3, -0.25) is 4.79 Å². The highest BCUT2D eigenvalue weighted by Crippen LogP contribution is 2.28. The van der Waals surface area contributed by atoms with Gasteiger partial charge in [-0.05, 0) is 18.2 Å². The third-order valence-corrected chi connectivity index (χ3v) is 4.61. The molecule has 1 saturated heterocycles. The number of amides is 1. The summed E-state index contributed by atoms with van der Waals surface area (Å²) < 4.78 is 33.9. The van der Waals surface area contributed by atoms with Crippen LogP contribution in [0.1, 0.15) is 15.9 Å². The second-order valence-electron chi connectivity index (χ2n) is 5.84. The van der Waals surface area contributed by atoms with Crippen LogP contribution in [0.5, 0.6) is 5.75 Å². The Labute approximate surface area is 157 Å². The molecule has 26 heavy (non-hydrogen) atoms. The van der Waals surface area contributed by atoms with Gasteiger partial charge in [0.1, 0.15) is 17.4 Å².